The Balaban J connectivity index is 1.56. The van der Waals surface area contributed by atoms with Crippen molar-refractivity contribution in [1.29, 1.82) is 0 Å². The summed E-state index contributed by atoms with van der Waals surface area (Å²) in [6, 6.07) is 10.3. The third kappa shape index (κ3) is 4.24. The van der Waals surface area contributed by atoms with Crippen LogP contribution in [0.5, 0.6) is 0 Å². The van der Waals surface area contributed by atoms with Gasteiger partial charge in [-0.2, -0.15) is 0 Å². The number of nitrogens with zero attached hydrogens (tertiary/aromatic N) is 3. The van der Waals surface area contributed by atoms with E-state index in [0.29, 0.717) is 0 Å². The van der Waals surface area contributed by atoms with Crippen LogP contribution in [0.3, 0.4) is 0 Å². The van der Waals surface area contributed by atoms with Gasteiger partial charge in [0.2, 0.25) is 0 Å². The zero-order valence-corrected chi connectivity index (χ0v) is 16.2. The minimum Gasteiger partial charge on any atom is -0.392 e. The number of aliphatic hydroxyl groups is 1. The second-order valence-electron chi connectivity index (χ2n) is 7.32. The molecule has 3 N–H and O–H groups in total. The Hall–Kier alpha value is -2.70. The standard InChI is InChI=1S/C22H27N5O/c1-2-19-17(14-27-12-4-6-18(28)15-27)5-3-7-20(19)26-21-13-16(8-9-23-21)22-24-10-11-25-22/h3,5,7-11,13,18,28H,2,4,6,12,14-15H2,1H3,(H,23,26)(H,24,25). The van der Waals surface area contributed by atoms with Gasteiger partial charge in [-0.15, -0.1) is 0 Å². The van der Waals surface area contributed by atoms with E-state index in [9.17, 15) is 5.11 Å². The number of pyridine rings is 1. The van der Waals surface area contributed by atoms with Gasteiger partial charge in [0.05, 0.1) is 6.10 Å². The molecule has 1 atom stereocenters. The molecule has 1 fully saturated rings. The average Bonchev–Trinajstić information content (AvgIpc) is 3.23. The minimum absolute atomic E-state index is 0.200. The van der Waals surface area contributed by atoms with Crippen LogP contribution in [0.25, 0.3) is 11.4 Å². The largest absolute Gasteiger partial charge is 0.392 e. The minimum atomic E-state index is -0.200. The number of nitrogens with one attached hydrogen (secondary N) is 2. The van der Waals surface area contributed by atoms with E-state index in [2.05, 4.69) is 50.3 Å². The predicted molar refractivity (Wildman–Crippen MR) is 111 cm³/mol. The molecule has 6 heteroatoms. The Bertz CT molecular complexity index is 909. The van der Waals surface area contributed by atoms with Crippen molar-refractivity contribution in [3.05, 3.63) is 60.0 Å². The number of hydrogen-bond donors (Lipinski definition) is 3. The van der Waals surface area contributed by atoms with E-state index >= 15 is 0 Å². The first-order valence-corrected chi connectivity index (χ1v) is 9.97. The van der Waals surface area contributed by atoms with Gasteiger partial charge in [-0.25, -0.2) is 9.97 Å². The molecule has 4 rings (SSSR count). The zero-order valence-electron chi connectivity index (χ0n) is 16.2. The van der Waals surface area contributed by atoms with Crippen LogP contribution >= 0.6 is 0 Å². The molecule has 28 heavy (non-hydrogen) atoms. The molecule has 3 heterocycles. The van der Waals surface area contributed by atoms with Crippen LogP contribution in [-0.2, 0) is 13.0 Å². The van der Waals surface area contributed by atoms with E-state index in [4.69, 9.17) is 0 Å². The molecule has 0 spiro atoms. The number of aromatic amines is 1. The first-order chi connectivity index (χ1) is 13.7. The fourth-order valence-electron chi connectivity index (χ4n) is 3.94. The highest BCUT2D eigenvalue weighted by Crippen LogP contribution is 2.27. The van der Waals surface area contributed by atoms with E-state index in [1.54, 1.807) is 12.4 Å². The molecule has 0 amide bonds. The maximum absolute atomic E-state index is 9.97. The molecule has 2 aromatic heterocycles. The van der Waals surface area contributed by atoms with Gasteiger partial charge >= 0.3 is 0 Å². The molecule has 3 aromatic rings. The molecule has 0 radical (unpaired) electrons. The summed E-state index contributed by atoms with van der Waals surface area (Å²) < 4.78 is 0. The summed E-state index contributed by atoms with van der Waals surface area (Å²) in [6.07, 6.45) is 8.07. The lowest BCUT2D eigenvalue weighted by Crippen LogP contribution is -2.37. The number of aromatic nitrogens is 3. The SMILES string of the molecule is CCc1c(CN2CCCC(O)C2)cccc1Nc1cc(-c2ncc[nH]2)ccn1. The molecular formula is C22H27N5O. The van der Waals surface area contributed by atoms with Crippen molar-refractivity contribution in [2.24, 2.45) is 0 Å². The van der Waals surface area contributed by atoms with Crippen LogP contribution in [0.4, 0.5) is 11.5 Å². The van der Waals surface area contributed by atoms with E-state index in [1.807, 2.05) is 18.3 Å². The van der Waals surface area contributed by atoms with Crippen molar-refractivity contribution < 1.29 is 5.11 Å². The van der Waals surface area contributed by atoms with Gasteiger partial charge in [0.25, 0.3) is 0 Å². The molecular weight excluding hydrogens is 350 g/mol. The quantitative estimate of drug-likeness (QED) is 0.610. The number of piperidine rings is 1. The van der Waals surface area contributed by atoms with Crippen molar-refractivity contribution in [3.8, 4) is 11.4 Å². The monoisotopic (exact) mass is 377 g/mol. The van der Waals surface area contributed by atoms with E-state index in [-0.39, 0.29) is 6.10 Å². The zero-order chi connectivity index (χ0) is 19.3. The molecule has 0 saturated carbocycles. The summed E-state index contributed by atoms with van der Waals surface area (Å²) in [5, 5.41) is 13.5. The predicted octanol–water partition coefficient (Wildman–Crippen LogP) is 3.73. The molecule has 1 aliphatic heterocycles. The Morgan fingerprint density at radius 1 is 1.25 bits per heavy atom. The lowest BCUT2D eigenvalue weighted by atomic mass is 10.0. The van der Waals surface area contributed by atoms with Gasteiger partial charge in [0.1, 0.15) is 11.6 Å². The number of benzene rings is 1. The van der Waals surface area contributed by atoms with Gasteiger partial charge < -0.3 is 15.4 Å². The molecule has 1 aliphatic rings. The number of hydrogen-bond acceptors (Lipinski definition) is 5. The van der Waals surface area contributed by atoms with Gasteiger partial charge in [-0.3, -0.25) is 4.90 Å². The molecule has 1 unspecified atom stereocenters. The van der Waals surface area contributed by atoms with Gasteiger partial charge in [-0.1, -0.05) is 19.1 Å². The molecule has 1 saturated heterocycles. The first-order valence-electron chi connectivity index (χ1n) is 9.97. The summed E-state index contributed by atoms with van der Waals surface area (Å²) >= 11 is 0. The molecule has 146 valence electrons. The fourth-order valence-corrected chi connectivity index (χ4v) is 3.94. The highest BCUT2D eigenvalue weighted by atomic mass is 16.3. The second kappa shape index (κ2) is 8.54. The fraction of sp³-hybridized carbons (Fsp3) is 0.364. The summed E-state index contributed by atoms with van der Waals surface area (Å²) in [7, 11) is 0. The number of likely N-dealkylation sites (tertiary alicyclic amines) is 1. The molecule has 0 aliphatic carbocycles. The van der Waals surface area contributed by atoms with Crippen LogP contribution < -0.4 is 5.32 Å². The molecule has 6 nitrogen and oxygen atoms in total. The Kier molecular flexibility index (Phi) is 5.69. The average molecular weight is 377 g/mol. The van der Waals surface area contributed by atoms with Crippen LogP contribution in [0.15, 0.2) is 48.9 Å². The topological polar surface area (TPSA) is 77.1 Å². The number of rotatable bonds is 6. The van der Waals surface area contributed by atoms with Crippen LogP contribution in [0, 0.1) is 0 Å². The van der Waals surface area contributed by atoms with Gasteiger partial charge in [-0.05, 0) is 55.1 Å². The lowest BCUT2D eigenvalue weighted by molar-refractivity contribution is 0.0667. The summed E-state index contributed by atoms with van der Waals surface area (Å²) in [5.74, 6) is 1.63. The number of imidazole rings is 1. The summed E-state index contributed by atoms with van der Waals surface area (Å²) in [6.45, 7) is 4.86. The smallest absolute Gasteiger partial charge is 0.137 e. The highest BCUT2D eigenvalue weighted by molar-refractivity contribution is 5.67. The van der Waals surface area contributed by atoms with Gasteiger partial charge in [0, 0.05) is 42.9 Å². The summed E-state index contributed by atoms with van der Waals surface area (Å²) in [5.41, 5.74) is 4.69. The van der Waals surface area contributed by atoms with Crippen molar-refractivity contribution in [1.82, 2.24) is 19.9 Å². The molecule has 0 bridgehead atoms. The lowest BCUT2D eigenvalue weighted by Gasteiger charge is -2.30. The second-order valence-corrected chi connectivity index (χ2v) is 7.32. The number of anilines is 2. The van der Waals surface area contributed by atoms with Gasteiger partial charge in [0.15, 0.2) is 0 Å². The normalized spacial score (nSPS) is 17.6. The maximum atomic E-state index is 9.97. The van der Waals surface area contributed by atoms with E-state index < -0.39 is 0 Å². The maximum Gasteiger partial charge on any atom is 0.137 e. The van der Waals surface area contributed by atoms with E-state index in [1.165, 1.54) is 11.1 Å². The van der Waals surface area contributed by atoms with Crippen molar-refractivity contribution >= 4 is 11.5 Å². The number of H-pyrrole nitrogens is 1. The Morgan fingerprint density at radius 2 is 2.18 bits per heavy atom. The first kappa shape index (κ1) is 18.7. The Morgan fingerprint density at radius 3 is 2.96 bits per heavy atom. The Labute approximate surface area is 165 Å². The number of β-amino-alcohol motifs (C(OH)–C–C–N with tert-alkyl or cyclic N) is 1. The third-order valence-electron chi connectivity index (χ3n) is 5.30. The summed E-state index contributed by atoms with van der Waals surface area (Å²) in [4.78, 5) is 14.3. The number of aliphatic hydroxyl groups excluding tert-OH is 1. The van der Waals surface area contributed by atoms with E-state index in [0.717, 1.165) is 61.8 Å². The molecule has 1 aromatic carbocycles. The van der Waals surface area contributed by atoms with Crippen LogP contribution in [-0.4, -0.2) is 44.2 Å². The van der Waals surface area contributed by atoms with Crippen molar-refractivity contribution in [3.63, 3.8) is 0 Å². The van der Waals surface area contributed by atoms with Crippen LogP contribution in [0.2, 0.25) is 0 Å². The van der Waals surface area contributed by atoms with Crippen LogP contribution in [0.1, 0.15) is 30.9 Å². The van der Waals surface area contributed by atoms with Crippen molar-refractivity contribution in [2.45, 2.75) is 38.8 Å². The third-order valence-corrected chi connectivity index (χ3v) is 5.30. The van der Waals surface area contributed by atoms with Crippen molar-refractivity contribution in [2.75, 3.05) is 18.4 Å². The highest BCUT2D eigenvalue weighted by Gasteiger charge is 2.19.